The van der Waals surface area contributed by atoms with Crippen LogP contribution in [0.4, 0.5) is 5.69 Å². The Hall–Kier alpha value is -2.30. The summed E-state index contributed by atoms with van der Waals surface area (Å²) in [4.78, 5) is 27.1. The second kappa shape index (κ2) is 8.92. The molecule has 0 bridgehead atoms. The van der Waals surface area contributed by atoms with Gasteiger partial charge in [0, 0.05) is 42.6 Å². The molecule has 3 heterocycles. The maximum Gasteiger partial charge on any atom is 0.270 e. The van der Waals surface area contributed by atoms with Gasteiger partial charge in [-0.2, -0.15) is 4.31 Å². The van der Waals surface area contributed by atoms with Crippen molar-refractivity contribution in [3.05, 3.63) is 55.8 Å². The normalized spacial score (nSPS) is 20.2. The van der Waals surface area contributed by atoms with Gasteiger partial charge in [-0.1, -0.05) is 13.0 Å². The quantitative estimate of drug-likeness (QED) is 0.480. The highest BCUT2D eigenvalue weighted by Gasteiger charge is 2.38. The highest BCUT2D eigenvalue weighted by molar-refractivity contribution is 7.89. The van der Waals surface area contributed by atoms with Crippen molar-refractivity contribution in [1.82, 2.24) is 9.21 Å². The summed E-state index contributed by atoms with van der Waals surface area (Å²) >= 11 is 1.75. The first-order chi connectivity index (χ1) is 15.2. The number of sulfonamides is 1. The largest absolute Gasteiger partial charge is 0.335 e. The molecule has 1 atom stereocenters. The molecule has 0 N–H and O–H groups in total. The average molecular weight is 478 g/mol. The summed E-state index contributed by atoms with van der Waals surface area (Å²) < 4.78 is 27.7. The number of rotatable bonds is 5. The molecule has 32 heavy (non-hydrogen) atoms. The fraction of sp³-hybridized carbons (Fsp3) is 0.500. The number of nitrogens with zero attached hydrogens (tertiary/aromatic N) is 3. The predicted molar refractivity (Wildman–Crippen MR) is 122 cm³/mol. The summed E-state index contributed by atoms with van der Waals surface area (Å²) in [6.07, 6.45) is 2.63. The monoisotopic (exact) mass is 477 g/mol. The first-order valence-corrected chi connectivity index (χ1v) is 13.2. The molecule has 172 valence electrons. The Bertz CT molecular complexity index is 1140. The lowest BCUT2D eigenvalue weighted by molar-refractivity contribution is -0.385. The van der Waals surface area contributed by atoms with E-state index in [-0.39, 0.29) is 41.5 Å². The number of hydrogen-bond acceptors (Lipinski definition) is 6. The highest BCUT2D eigenvalue weighted by Crippen LogP contribution is 2.37. The number of hydrogen-bond donors (Lipinski definition) is 0. The van der Waals surface area contributed by atoms with Gasteiger partial charge in [0.2, 0.25) is 15.9 Å². The molecule has 4 rings (SSSR count). The van der Waals surface area contributed by atoms with E-state index in [0.717, 1.165) is 18.9 Å². The smallest absolute Gasteiger partial charge is 0.270 e. The zero-order chi connectivity index (χ0) is 23.0. The molecule has 2 aromatic rings. The van der Waals surface area contributed by atoms with Crippen molar-refractivity contribution in [2.24, 2.45) is 5.92 Å². The van der Waals surface area contributed by atoms with E-state index in [1.807, 2.05) is 4.90 Å². The minimum atomic E-state index is -3.87. The van der Waals surface area contributed by atoms with Crippen molar-refractivity contribution < 1.29 is 18.1 Å². The summed E-state index contributed by atoms with van der Waals surface area (Å²) in [5, 5.41) is 13.2. The van der Waals surface area contributed by atoms with Gasteiger partial charge in [-0.15, -0.1) is 11.3 Å². The lowest BCUT2D eigenvalue weighted by Gasteiger charge is -2.39. The third kappa shape index (κ3) is 4.06. The number of carbonyl (C=O) groups is 1. The second-order valence-corrected chi connectivity index (χ2v) is 11.3. The first kappa shape index (κ1) is 22.9. The summed E-state index contributed by atoms with van der Waals surface area (Å²) in [6.45, 7) is 4.89. The number of non-ortho nitro benzene ring substituents is 1. The van der Waals surface area contributed by atoms with Crippen molar-refractivity contribution in [1.29, 1.82) is 0 Å². The standard InChI is InChI=1S/C22H27N3O5S2/c1-3-19-18-9-13-31-20(18)8-12-24(19)22(26)16-6-10-23(11-7-16)32(29,30)21-14-17(25(27)28)5-4-15(21)2/h4-5,9,13-14,16,19H,3,6-8,10-12H2,1-2H3. The molecule has 1 aromatic heterocycles. The van der Waals surface area contributed by atoms with Crippen LogP contribution in [0.5, 0.6) is 0 Å². The molecule has 1 saturated heterocycles. The average Bonchev–Trinajstić information content (AvgIpc) is 3.27. The number of amides is 1. The Kier molecular flexibility index (Phi) is 6.37. The maximum absolute atomic E-state index is 13.3. The zero-order valence-electron chi connectivity index (χ0n) is 18.2. The molecular formula is C22H27N3O5S2. The SMILES string of the molecule is CCC1c2ccsc2CCN1C(=O)C1CCN(S(=O)(=O)c2cc([N+](=O)[O-])ccc2C)CC1. The van der Waals surface area contributed by atoms with Gasteiger partial charge in [0.05, 0.1) is 15.9 Å². The zero-order valence-corrected chi connectivity index (χ0v) is 19.8. The summed E-state index contributed by atoms with van der Waals surface area (Å²) in [5.41, 5.74) is 1.47. The number of nitro benzene ring substituents is 1. The van der Waals surface area contributed by atoms with Gasteiger partial charge < -0.3 is 4.90 Å². The van der Waals surface area contributed by atoms with E-state index < -0.39 is 14.9 Å². The Balaban J connectivity index is 1.47. The van der Waals surface area contributed by atoms with Gasteiger partial charge in [-0.25, -0.2) is 8.42 Å². The van der Waals surface area contributed by atoms with Crippen molar-refractivity contribution in [3.8, 4) is 0 Å². The molecule has 0 radical (unpaired) electrons. The van der Waals surface area contributed by atoms with Gasteiger partial charge in [-0.05, 0) is 55.2 Å². The van der Waals surface area contributed by atoms with E-state index in [2.05, 4.69) is 18.4 Å². The molecular weight excluding hydrogens is 450 g/mol. The van der Waals surface area contributed by atoms with Gasteiger partial charge in [0.25, 0.3) is 5.69 Å². The van der Waals surface area contributed by atoms with E-state index in [9.17, 15) is 23.3 Å². The molecule has 1 fully saturated rings. The molecule has 0 spiro atoms. The summed E-state index contributed by atoms with van der Waals surface area (Å²) in [7, 11) is -3.87. The summed E-state index contributed by atoms with van der Waals surface area (Å²) in [6, 6.07) is 6.10. The molecule has 0 saturated carbocycles. The number of aryl methyl sites for hydroxylation is 1. The van der Waals surface area contributed by atoms with E-state index >= 15 is 0 Å². The lowest BCUT2D eigenvalue weighted by Crippen LogP contribution is -2.47. The van der Waals surface area contributed by atoms with Crippen molar-refractivity contribution in [2.45, 2.75) is 50.5 Å². The van der Waals surface area contributed by atoms with Crippen LogP contribution in [0.15, 0.2) is 34.5 Å². The molecule has 8 nitrogen and oxygen atoms in total. The number of fused-ring (bicyclic) bond motifs is 1. The topological polar surface area (TPSA) is 101 Å². The number of thiophene rings is 1. The minimum absolute atomic E-state index is 0.0384. The van der Waals surface area contributed by atoms with Crippen molar-refractivity contribution in [2.75, 3.05) is 19.6 Å². The lowest BCUT2D eigenvalue weighted by atomic mass is 9.92. The summed E-state index contributed by atoms with van der Waals surface area (Å²) in [5.74, 6) is -0.0980. The molecule has 1 amide bonds. The van der Waals surface area contributed by atoms with Crippen LogP contribution >= 0.6 is 11.3 Å². The van der Waals surface area contributed by atoms with E-state index in [1.54, 1.807) is 18.3 Å². The van der Waals surface area contributed by atoms with Crippen molar-refractivity contribution >= 4 is 33.0 Å². The predicted octanol–water partition coefficient (Wildman–Crippen LogP) is 3.90. The molecule has 1 unspecified atom stereocenters. The van der Waals surface area contributed by atoms with Crippen LogP contribution in [0, 0.1) is 23.0 Å². The number of nitro groups is 1. The van der Waals surface area contributed by atoms with Gasteiger partial charge in [0.15, 0.2) is 0 Å². The Labute approximate surface area is 192 Å². The Morgan fingerprint density at radius 1 is 1.22 bits per heavy atom. The first-order valence-electron chi connectivity index (χ1n) is 10.9. The van der Waals surface area contributed by atoms with Crippen LogP contribution in [-0.4, -0.2) is 48.1 Å². The van der Waals surface area contributed by atoms with Crippen LogP contribution in [0.3, 0.4) is 0 Å². The van der Waals surface area contributed by atoms with Crippen LogP contribution in [-0.2, 0) is 21.2 Å². The fourth-order valence-electron chi connectivity index (χ4n) is 4.80. The number of benzene rings is 1. The highest BCUT2D eigenvalue weighted by atomic mass is 32.2. The number of piperidine rings is 1. The molecule has 0 aliphatic carbocycles. The Morgan fingerprint density at radius 3 is 2.59 bits per heavy atom. The van der Waals surface area contributed by atoms with E-state index in [4.69, 9.17) is 0 Å². The third-order valence-corrected chi connectivity index (χ3v) is 9.61. The molecule has 2 aliphatic rings. The molecule has 1 aromatic carbocycles. The number of carbonyl (C=O) groups excluding carboxylic acids is 1. The Morgan fingerprint density at radius 2 is 1.94 bits per heavy atom. The van der Waals surface area contributed by atoms with Crippen LogP contribution in [0.25, 0.3) is 0 Å². The van der Waals surface area contributed by atoms with Gasteiger partial charge >= 0.3 is 0 Å². The fourth-order valence-corrected chi connectivity index (χ4v) is 7.44. The van der Waals surface area contributed by atoms with E-state index in [1.165, 1.54) is 26.9 Å². The van der Waals surface area contributed by atoms with Crippen molar-refractivity contribution in [3.63, 3.8) is 0 Å². The third-order valence-electron chi connectivity index (χ3n) is 6.57. The second-order valence-electron chi connectivity index (χ2n) is 8.39. The van der Waals surface area contributed by atoms with Crippen LogP contribution < -0.4 is 0 Å². The van der Waals surface area contributed by atoms with Crippen LogP contribution in [0.1, 0.15) is 48.2 Å². The van der Waals surface area contributed by atoms with Crippen LogP contribution in [0.2, 0.25) is 0 Å². The molecule has 2 aliphatic heterocycles. The van der Waals surface area contributed by atoms with E-state index in [0.29, 0.717) is 24.9 Å². The minimum Gasteiger partial charge on any atom is -0.335 e. The maximum atomic E-state index is 13.3. The van der Waals surface area contributed by atoms with Gasteiger partial charge in [0.1, 0.15) is 0 Å². The molecule has 10 heteroatoms. The van der Waals surface area contributed by atoms with Gasteiger partial charge in [-0.3, -0.25) is 14.9 Å².